The maximum atomic E-state index is 10.1. The van der Waals surface area contributed by atoms with Crippen molar-refractivity contribution in [2.45, 2.75) is 51.6 Å². The number of rotatable bonds is 5. The van der Waals surface area contributed by atoms with Crippen molar-refractivity contribution >= 4 is 0 Å². The molecule has 1 atom stereocenters. The number of hydrogen-bond acceptors (Lipinski definition) is 3. The maximum Gasteiger partial charge on any atom is 0.0694 e. The average Bonchev–Trinajstić information content (AvgIpc) is 2.42. The molecule has 0 aromatic carbocycles. The minimum absolute atomic E-state index is 0.184. The predicted octanol–water partition coefficient (Wildman–Crippen LogP) is 2.19. The second-order valence-corrected chi connectivity index (χ2v) is 6.30. The number of aliphatic hydroxyl groups excluding tert-OH is 1. The number of nitrogens with one attached hydrogen (secondary N) is 1. The quantitative estimate of drug-likeness (QED) is 0.791. The minimum Gasteiger partial charge on any atom is -0.392 e. The zero-order valence-electron chi connectivity index (χ0n) is 11.7. The van der Waals surface area contributed by atoms with Gasteiger partial charge in [-0.15, -0.1) is 0 Å². The second kappa shape index (κ2) is 7.46. The molecule has 1 heterocycles. The molecule has 1 aliphatic heterocycles. The van der Waals surface area contributed by atoms with Gasteiger partial charge in [0.05, 0.1) is 6.10 Å². The average molecular weight is 255 g/mol. The lowest BCUT2D eigenvalue weighted by Gasteiger charge is -2.29. The fourth-order valence-electron chi connectivity index (χ4n) is 3.24. The third kappa shape index (κ3) is 4.52. The lowest BCUT2D eigenvalue weighted by molar-refractivity contribution is 0.00815. The van der Waals surface area contributed by atoms with Crippen LogP contribution in [0.5, 0.6) is 0 Å². The van der Waals surface area contributed by atoms with Crippen molar-refractivity contribution in [3.05, 3.63) is 0 Å². The molecule has 1 aliphatic carbocycles. The van der Waals surface area contributed by atoms with Crippen LogP contribution in [-0.4, -0.2) is 37.5 Å². The Balaban J connectivity index is 1.56. The molecule has 0 unspecified atom stereocenters. The van der Waals surface area contributed by atoms with Gasteiger partial charge in [0, 0.05) is 19.8 Å². The Kier molecular flexibility index (Phi) is 5.93. The van der Waals surface area contributed by atoms with Crippen LogP contribution < -0.4 is 5.32 Å². The van der Waals surface area contributed by atoms with E-state index < -0.39 is 0 Å². The molecule has 18 heavy (non-hydrogen) atoms. The van der Waals surface area contributed by atoms with E-state index in [0.29, 0.717) is 5.92 Å². The highest BCUT2D eigenvalue weighted by Gasteiger charge is 2.22. The van der Waals surface area contributed by atoms with Gasteiger partial charge in [-0.25, -0.2) is 0 Å². The second-order valence-electron chi connectivity index (χ2n) is 6.30. The van der Waals surface area contributed by atoms with Gasteiger partial charge in [-0.2, -0.15) is 0 Å². The van der Waals surface area contributed by atoms with Crippen molar-refractivity contribution in [1.82, 2.24) is 5.32 Å². The summed E-state index contributed by atoms with van der Waals surface area (Å²) in [5.41, 5.74) is 0. The minimum atomic E-state index is -0.184. The van der Waals surface area contributed by atoms with Gasteiger partial charge in [-0.05, 0) is 50.0 Å². The predicted molar refractivity (Wildman–Crippen MR) is 73.5 cm³/mol. The van der Waals surface area contributed by atoms with Crippen molar-refractivity contribution < 1.29 is 9.84 Å². The van der Waals surface area contributed by atoms with Crippen molar-refractivity contribution in [3.8, 4) is 0 Å². The number of aliphatic hydroxyl groups is 1. The Morgan fingerprint density at radius 1 is 1.11 bits per heavy atom. The smallest absolute Gasteiger partial charge is 0.0694 e. The first-order valence-electron chi connectivity index (χ1n) is 7.72. The van der Waals surface area contributed by atoms with Crippen molar-refractivity contribution in [2.24, 2.45) is 17.8 Å². The summed E-state index contributed by atoms with van der Waals surface area (Å²) in [6.45, 7) is 5.85. The zero-order chi connectivity index (χ0) is 12.8. The molecule has 3 heteroatoms. The molecule has 2 rings (SSSR count). The molecule has 0 radical (unpaired) electrons. The van der Waals surface area contributed by atoms with Crippen LogP contribution in [0.25, 0.3) is 0 Å². The first kappa shape index (κ1) is 14.3. The third-order valence-electron chi connectivity index (χ3n) is 4.73. The fourth-order valence-corrected chi connectivity index (χ4v) is 3.24. The van der Waals surface area contributed by atoms with Gasteiger partial charge in [-0.3, -0.25) is 0 Å². The monoisotopic (exact) mass is 255 g/mol. The first-order valence-corrected chi connectivity index (χ1v) is 7.72. The highest BCUT2D eigenvalue weighted by Crippen LogP contribution is 2.27. The summed E-state index contributed by atoms with van der Waals surface area (Å²) in [6.07, 6.45) is 7.34. The van der Waals surface area contributed by atoms with Crippen LogP contribution in [0.3, 0.4) is 0 Å². The van der Waals surface area contributed by atoms with Crippen molar-refractivity contribution in [1.29, 1.82) is 0 Å². The molecule has 2 aliphatic rings. The molecular formula is C15H29NO2. The SMILES string of the molecule is CC1CCC(CNC[C@@H](O)C2CCOCC2)CC1. The third-order valence-corrected chi connectivity index (χ3v) is 4.73. The van der Waals surface area contributed by atoms with Gasteiger partial charge < -0.3 is 15.2 Å². The molecule has 0 aromatic heterocycles. The van der Waals surface area contributed by atoms with E-state index in [4.69, 9.17) is 4.74 Å². The lowest BCUT2D eigenvalue weighted by Crippen LogP contribution is -2.38. The Morgan fingerprint density at radius 3 is 2.44 bits per heavy atom. The number of hydrogen-bond donors (Lipinski definition) is 2. The van der Waals surface area contributed by atoms with E-state index in [2.05, 4.69) is 12.2 Å². The summed E-state index contributed by atoms with van der Waals surface area (Å²) in [5, 5.41) is 13.6. The molecule has 1 saturated heterocycles. The molecular weight excluding hydrogens is 226 g/mol. The van der Waals surface area contributed by atoms with E-state index in [1.54, 1.807) is 0 Å². The van der Waals surface area contributed by atoms with Crippen LogP contribution >= 0.6 is 0 Å². The van der Waals surface area contributed by atoms with E-state index in [9.17, 15) is 5.11 Å². The van der Waals surface area contributed by atoms with Crippen LogP contribution in [0.2, 0.25) is 0 Å². The topological polar surface area (TPSA) is 41.5 Å². The lowest BCUT2D eigenvalue weighted by atomic mass is 9.83. The van der Waals surface area contributed by atoms with Crippen LogP contribution in [0.4, 0.5) is 0 Å². The van der Waals surface area contributed by atoms with Crippen molar-refractivity contribution in [3.63, 3.8) is 0 Å². The fraction of sp³-hybridized carbons (Fsp3) is 1.00. The normalized spacial score (nSPS) is 32.3. The molecule has 0 amide bonds. The standard InChI is InChI=1S/C15H29NO2/c1-12-2-4-13(5-3-12)10-16-11-15(17)14-6-8-18-9-7-14/h12-17H,2-11H2,1H3/t12?,13?,15-/m1/s1. The summed E-state index contributed by atoms with van der Waals surface area (Å²) in [6, 6.07) is 0. The summed E-state index contributed by atoms with van der Waals surface area (Å²) in [4.78, 5) is 0. The highest BCUT2D eigenvalue weighted by atomic mass is 16.5. The van der Waals surface area contributed by atoms with E-state index in [0.717, 1.165) is 51.0 Å². The molecule has 2 fully saturated rings. The Bertz CT molecular complexity index is 221. The van der Waals surface area contributed by atoms with Crippen LogP contribution in [-0.2, 0) is 4.74 Å². The Labute approximate surface area is 111 Å². The molecule has 3 nitrogen and oxygen atoms in total. The number of ether oxygens (including phenoxy) is 1. The Morgan fingerprint density at radius 2 is 1.78 bits per heavy atom. The van der Waals surface area contributed by atoms with E-state index in [1.165, 1.54) is 25.7 Å². The zero-order valence-corrected chi connectivity index (χ0v) is 11.7. The molecule has 0 bridgehead atoms. The first-order chi connectivity index (χ1) is 8.75. The maximum absolute atomic E-state index is 10.1. The van der Waals surface area contributed by atoms with Gasteiger partial charge in [0.25, 0.3) is 0 Å². The summed E-state index contributed by atoms with van der Waals surface area (Å²) >= 11 is 0. The van der Waals surface area contributed by atoms with Gasteiger partial charge in [-0.1, -0.05) is 19.8 Å². The molecule has 0 aromatic rings. The molecule has 2 N–H and O–H groups in total. The highest BCUT2D eigenvalue weighted by molar-refractivity contribution is 4.76. The molecule has 106 valence electrons. The molecule has 1 saturated carbocycles. The van der Waals surface area contributed by atoms with E-state index in [1.807, 2.05) is 0 Å². The van der Waals surface area contributed by atoms with Crippen LogP contribution in [0, 0.1) is 17.8 Å². The summed E-state index contributed by atoms with van der Waals surface area (Å²) in [5.74, 6) is 2.20. The summed E-state index contributed by atoms with van der Waals surface area (Å²) in [7, 11) is 0. The van der Waals surface area contributed by atoms with E-state index in [-0.39, 0.29) is 6.10 Å². The van der Waals surface area contributed by atoms with Gasteiger partial charge in [0.15, 0.2) is 0 Å². The van der Waals surface area contributed by atoms with Crippen LogP contribution in [0.1, 0.15) is 45.4 Å². The summed E-state index contributed by atoms with van der Waals surface area (Å²) < 4.78 is 5.33. The van der Waals surface area contributed by atoms with Gasteiger partial charge in [0.1, 0.15) is 0 Å². The van der Waals surface area contributed by atoms with E-state index >= 15 is 0 Å². The molecule has 0 spiro atoms. The van der Waals surface area contributed by atoms with Crippen molar-refractivity contribution in [2.75, 3.05) is 26.3 Å². The van der Waals surface area contributed by atoms with Crippen LogP contribution in [0.15, 0.2) is 0 Å². The van der Waals surface area contributed by atoms with Gasteiger partial charge >= 0.3 is 0 Å². The Hall–Kier alpha value is -0.120. The largest absolute Gasteiger partial charge is 0.392 e. The van der Waals surface area contributed by atoms with Gasteiger partial charge in [0.2, 0.25) is 0 Å².